The van der Waals surface area contributed by atoms with Crippen molar-refractivity contribution in [3.8, 4) is 11.5 Å². The number of halogens is 2. The molecule has 1 atom stereocenters. The molecule has 2 heterocycles. The Kier molecular flexibility index (Phi) is 4.54. The second kappa shape index (κ2) is 7.05. The third-order valence-corrected chi connectivity index (χ3v) is 4.68. The maximum atomic E-state index is 14.4. The largest absolute Gasteiger partial charge is 0.466 e. The summed E-state index contributed by atoms with van der Waals surface area (Å²) in [5, 5.41) is 2.60. The summed E-state index contributed by atoms with van der Waals surface area (Å²) < 4.78 is 38.7. The lowest BCUT2D eigenvalue weighted by molar-refractivity contribution is -0.132. The van der Waals surface area contributed by atoms with E-state index in [-0.39, 0.29) is 18.0 Å². The molecule has 6 nitrogen and oxygen atoms in total. The number of carbonyl (C=O) groups is 2. The molecule has 0 bridgehead atoms. The zero-order valence-electron chi connectivity index (χ0n) is 15.3. The van der Waals surface area contributed by atoms with Crippen LogP contribution in [0.3, 0.4) is 0 Å². The fourth-order valence-corrected chi connectivity index (χ4v) is 3.12. The number of hydrogen-bond acceptors (Lipinski definition) is 4. The zero-order valence-corrected chi connectivity index (χ0v) is 15.3. The van der Waals surface area contributed by atoms with E-state index >= 15 is 0 Å². The molecule has 4 rings (SSSR count). The van der Waals surface area contributed by atoms with Gasteiger partial charge in [0.1, 0.15) is 5.76 Å². The van der Waals surface area contributed by atoms with Crippen molar-refractivity contribution in [1.29, 1.82) is 0 Å². The number of nitrogens with one attached hydrogen (secondary N) is 1. The molecule has 0 aliphatic carbocycles. The first-order valence-electron chi connectivity index (χ1n) is 8.77. The molecule has 148 valence electrons. The second-order valence-corrected chi connectivity index (χ2v) is 6.72. The molecule has 1 saturated heterocycles. The maximum absolute atomic E-state index is 14.4. The Morgan fingerprint density at radius 2 is 1.79 bits per heavy atom. The molecule has 29 heavy (non-hydrogen) atoms. The minimum atomic E-state index is -1.33. The lowest BCUT2D eigenvalue weighted by atomic mass is 9.99. The SMILES string of the molecule is CC1(c2ccco2)NC(=O)N(Cc2ccc(Oc3ccccc3F)c(F)c2)C1=O. The van der Waals surface area contributed by atoms with Gasteiger partial charge in [-0.3, -0.25) is 9.69 Å². The molecule has 2 aromatic carbocycles. The predicted molar refractivity (Wildman–Crippen MR) is 98.0 cm³/mol. The van der Waals surface area contributed by atoms with E-state index in [9.17, 15) is 18.4 Å². The molecule has 8 heteroatoms. The standard InChI is InChI=1S/C21H16F2N2O4/c1-21(18-7-4-10-28-18)19(26)25(20(27)24-21)12-13-8-9-17(15(23)11-13)29-16-6-3-2-5-14(16)22/h2-11H,12H2,1H3,(H,24,27). The predicted octanol–water partition coefficient (Wildman–Crippen LogP) is 4.32. The molecule has 1 aliphatic rings. The molecule has 3 aromatic rings. The lowest BCUT2D eigenvalue weighted by Crippen LogP contribution is -2.40. The van der Waals surface area contributed by atoms with Crippen molar-refractivity contribution in [2.75, 3.05) is 0 Å². The Labute approximate surface area is 164 Å². The van der Waals surface area contributed by atoms with Crippen LogP contribution >= 0.6 is 0 Å². The molecule has 0 radical (unpaired) electrons. The number of hydrogen-bond donors (Lipinski definition) is 1. The number of rotatable bonds is 5. The third kappa shape index (κ3) is 3.33. The van der Waals surface area contributed by atoms with Crippen molar-refractivity contribution in [3.05, 3.63) is 83.8 Å². The summed E-state index contributed by atoms with van der Waals surface area (Å²) in [5.74, 6) is -1.85. The van der Waals surface area contributed by atoms with Gasteiger partial charge in [0.05, 0.1) is 12.8 Å². The van der Waals surface area contributed by atoms with E-state index in [4.69, 9.17) is 9.15 Å². The molecule has 3 amide bonds. The van der Waals surface area contributed by atoms with Gasteiger partial charge in [0, 0.05) is 0 Å². The van der Waals surface area contributed by atoms with Crippen LogP contribution in [0.15, 0.2) is 65.3 Å². The van der Waals surface area contributed by atoms with E-state index in [1.54, 1.807) is 18.2 Å². The molecule has 1 N–H and O–H groups in total. The second-order valence-electron chi connectivity index (χ2n) is 6.72. The smallest absolute Gasteiger partial charge is 0.325 e. The van der Waals surface area contributed by atoms with Crippen molar-refractivity contribution in [2.24, 2.45) is 0 Å². The highest BCUT2D eigenvalue weighted by Crippen LogP contribution is 2.31. The highest BCUT2D eigenvalue weighted by molar-refractivity contribution is 6.06. The van der Waals surface area contributed by atoms with Crippen molar-refractivity contribution >= 4 is 11.9 Å². The van der Waals surface area contributed by atoms with Crippen LogP contribution in [0.25, 0.3) is 0 Å². The fourth-order valence-electron chi connectivity index (χ4n) is 3.12. The summed E-state index contributed by atoms with van der Waals surface area (Å²) in [5.41, 5.74) is -0.955. The van der Waals surface area contributed by atoms with Gasteiger partial charge in [-0.05, 0) is 48.9 Å². The zero-order chi connectivity index (χ0) is 20.6. The molecule has 0 spiro atoms. The van der Waals surface area contributed by atoms with Crippen LogP contribution in [0.2, 0.25) is 0 Å². The van der Waals surface area contributed by atoms with Crippen LogP contribution in [0.5, 0.6) is 11.5 Å². The number of carbonyl (C=O) groups excluding carboxylic acids is 2. The average molecular weight is 398 g/mol. The number of amides is 3. The number of ether oxygens (including phenoxy) is 1. The Morgan fingerprint density at radius 3 is 2.48 bits per heavy atom. The molecular weight excluding hydrogens is 382 g/mol. The normalized spacial score (nSPS) is 18.8. The van der Waals surface area contributed by atoms with E-state index in [1.165, 1.54) is 43.5 Å². The quantitative estimate of drug-likeness (QED) is 0.650. The number of para-hydroxylation sites is 1. The molecule has 1 aliphatic heterocycles. The maximum Gasteiger partial charge on any atom is 0.325 e. The van der Waals surface area contributed by atoms with Gasteiger partial charge in [-0.1, -0.05) is 18.2 Å². The van der Waals surface area contributed by atoms with Crippen LogP contribution in [-0.4, -0.2) is 16.8 Å². The van der Waals surface area contributed by atoms with Crippen molar-refractivity contribution in [2.45, 2.75) is 19.0 Å². The number of nitrogens with zero attached hydrogens (tertiary/aromatic N) is 1. The van der Waals surface area contributed by atoms with Crippen LogP contribution in [0.1, 0.15) is 18.2 Å². The van der Waals surface area contributed by atoms with Gasteiger partial charge in [-0.15, -0.1) is 0 Å². The Bertz CT molecular complexity index is 1080. The number of furan rings is 1. The van der Waals surface area contributed by atoms with E-state index in [1.807, 2.05) is 0 Å². The average Bonchev–Trinajstić information content (AvgIpc) is 3.30. The Morgan fingerprint density at radius 1 is 1.03 bits per heavy atom. The van der Waals surface area contributed by atoms with E-state index < -0.39 is 29.1 Å². The van der Waals surface area contributed by atoms with Gasteiger partial charge in [-0.2, -0.15) is 0 Å². The summed E-state index contributed by atoms with van der Waals surface area (Å²) in [6.07, 6.45) is 1.41. The highest BCUT2D eigenvalue weighted by Gasteiger charge is 2.50. The van der Waals surface area contributed by atoms with Gasteiger partial charge in [0.2, 0.25) is 0 Å². The number of imide groups is 1. The first kappa shape index (κ1) is 18.7. The van der Waals surface area contributed by atoms with Crippen LogP contribution in [-0.2, 0) is 16.9 Å². The first-order chi connectivity index (χ1) is 13.9. The molecule has 1 aromatic heterocycles. The van der Waals surface area contributed by atoms with E-state index in [0.29, 0.717) is 11.3 Å². The van der Waals surface area contributed by atoms with Crippen molar-refractivity contribution in [3.63, 3.8) is 0 Å². The monoisotopic (exact) mass is 398 g/mol. The third-order valence-electron chi connectivity index (χ3n) is 4.68. The molecular formula is C21H16F2N2O4. The van der Waals surface area contributed by atoms with Crippen molar-refractivity contribution in [1.82, 2.24) is 10.2 Å². The van der Waals surface area contributed by atoms with Crippen molar-refractivity contribution < 1.29 is 27.5 Å². The lowest BCUT2D eigenvalue weighted by Gasteiger charge is -2.19. The van der Waals surface area contributed by atoms with Crippen LogP contribution in [0, 0.1) is 11.6 Å². The topological polar surface area (TPSA) is 71.8 Å². The summed E-state index contributed by atoms with van der Waals surface area (Å²) in [7, 11) is 0. The van der Waals surface area contributed by atoms with Gasteiger partial charge in [-0.25, -0.2) is 13.6 Å². The Hall–Kier alpha value is -3.68. The summed E-state index contributed by atoms with van der Waals surface area (Å²) in [6, 6.07) is 12.2. The van der Waals surface area contributed by atoms with E-state index in [2.05, 4.69) is 5.32 Å². The van der Waals surface area contributed by atoms with Gasteiger partial charge in [0.15, 0.2) is 28.7 Å². The van der Waals surface area contributed by atoms with Gasteiger partial charge >= 0.3 is 6.03 Å². The number of benzene rings is 2. The summed E-state index contributed by atoms with van der Waals surface area (Å²) >= 11 is 0. The van der Waals surface area contributed by atoms with E-state index in [0.717, 1.165) is 11.0 Å². The molecule has 1 unspecified atom stereocenters. The minimum absolute atomic E-state index is 0.109. The minimum Gasteiger partial charge on any atom is -0.466 e. The molecule has 1 fully saturated rings. The highest BCUT2D eigenvalue weighted by atomic mass is 19.1. The molecule has 0 saturated carbocycles. The fraction of sp³-hybridized carbons (Fsp3) is 0.143. The Balaban J connectivity index is 1.53. The van der Waals surface area contributed by atoms with Gasteiger partial charge < -0.3 is 14.5 Å². The van der Waals surface area contributed by atoms with Crippen LogP contribution < -0.4 is 10.1 Å². The summed E-state index contributed by atoms with van der Waals surface area (Å²) in [4.78, 5) is 26.1. The summed E-state index contributed by atoms with van der Waals surface area (Å²) in [6.45, 7) is 1.40. The van der Waals surface area contributed by atoms with Gasteiger partial charge in [0.25, 0.3) is 5.91 Å². The van der Waals surface area contributed by atoms with Crippen LogP contribution in [0.4, 0.5) is 13.6 Å². The first-order valence-corrected chi connectivity index (χ1v) is 8.77. The number of urea groups is 1.